The molecule has 1 unspecified atom stereocenters. The molecule has 2 saturated heterocycles. The summed E-state index contributed by atoms with van der Waals surface area (Å²) in [6.45, 7) is 5.45. The summed E-state index contributed by atoms with van der Waals surface area (Å²) < 4.78 is 19.4. The highest BCUT2D eigenvalue weighted by Gasteiger charge is 2.24. The average Bonchev–Trinajstić information content (AvgIpc) is 3.56. The first-order valence-electron chi connectivity index (χ1n) is 12.6. The fourth-order valence-electron chi connectivity index (χ4n) is 4.47. The van der Waals surface area contributed by atoms with Crippen LogP contribution < -0.4 is 0 Å². The lowest BCUT2D eigenvalue weighted by molar-refractivity contribution is -0.188. The van der Waals surface area contributed by atoms with Crippen molar-refractivity contribution in [2.75, 3.05) is 26.2 Å². The van der Waals surface area contributed by atoms with Gasteiger partial charge in [-0.3, -0.25) is 4.90 Å². The van der Waals surface area contributed by atoms with Gasteiger partial charge in [0.15, 0.2) is 12.1 Å². The maximum absolute atomic E-state index is 8.68. The number of ether oxygens (including phenoxy) is 2. The highest BCUT2D eigenvalue weighted by Crippen LogP contribution is 2.25. The number of imidazole rings is 1. The third kappa shape index (κ3) is 6.47. The van der Waals surface area contributed by atoms with E-state index in [1.165, 1.54) is 0 Å². The minimum atomic E-state index is -0.185. The van der Waals surface area contributed by atoms with Crippen LogP contribution in [0, 0.1) is 40.9 Å². The summed E-state index contributed by atoms with van der Waals surface area (Å²) in [6, 6.07) is 11.9. The van der Waals surface area contributed by atoms with Crippen LogP contribution in [0.2, 0.25) is 0 Å². The van der Waals surface area contributed by atoms with E-state index in [0.717, 1.165) is 61.6 Å². The molecule has 8 nitrogen and oxygen atoms in total. The van der Waals surface area contributed by atoms with Crippen molar-refractivity contribution in [3.8, 4) is 41.1 Å². The second-order valence-corrected chi connectivity index (χ2v) is 9.32. The molecule has 0 radical (unpaired) electrons. The molecule has 2 atom stereocenters. The van der Waals surface area contributed by atoms with Crippen LogP contribution in [0.15, 0.2) is 47.2 Å². The quantitative estimate of drug-likeness (QED) is 0.362. The highest BCUT2D eigenvalue weighted by atomic mass is 16.7. The van der Waals surface area contributed by atoms with Gasteiger partial charge in [0, 0.05) is 55.2 Å². The second-order valence-electron chi connectivity index (χ2n) is 9.32. The molecule has 0 amide bonds. The Morgan fingerprint density at radius 1 is 1.19 bits per heavy atom. The SMILES string of the molecule is C[C@H](OC1CCCCO1)c1nccn1Cc1cc(-c2ccc(C#CC#CC3CN(CC#N)C3)cc2)on1. The number of hydrogen-bond acceptors (Lipinski definition) is 7. The summed E-state index contributed by atoms with van der Waals surface area (Å²) in [5, 5.41) is 12.9. The summed E-state index contributed by atoms with van der Waals surface area (Å²) in [7, 11) is 0. The molecule has 5 rings (SSSR count). The lowest BCUT2D eigenvalue weighted by Crippen LogP contribution is -2.45. The lowest BCUT2D eigenvalue weighted by atomic mass is 10.0. The number of nitrogens with zero attached hydrogens (tertiary/aromatic N) is 5. The predicted octanol–water partition coefficient (Wildman–Crippen LogP) is 4.00. The number of rotatable bonds is 7. The molecular weight excluding hydrogens is 466 g/mol. The molecule has 0 bridgehead atoms. The van der Waals surface area contributed by atoms with E-state index in [0.29, 0.717) is 24.8 Å². The Morgan fingerprint density at radius 2 is 2.05 bits per heavy atom. The van der Waals surface area contributed by atoms with Crippen LogP contribution in [0.5, 0.6) is 0 Å². The van der Waals surface area contributed by atoms with E-state index in [4.69, 9.17) is 19.3 Å². The monoisotopic (exact) mass is 495 g/mol. The van der Waals surface area contributed by atoms with E-state index in [1.807, 2.05) is 48.0 Å². The van der Waals surface area contributed by atoms with Gasteiger partial charge in [-0.05, 0) is 62.3 Å². The van der Waals surface area contributed by atoms with Crippen molar-refractivity contribution in [3.05, 3.63) is 59.8 Å². The third-order valence-electron chi connectivity index (χ3n) is 6.46. The summed E-state index contributed by atoms with van der Waals surface area (Å²) in [4.78, 5) is 6.57. The van der Waals surface area contributed by atoms with Gasteiger partial charge in [-0.15, -0.1) is 0 Å². The molecule has 1 aromatic carbocycles. The Labute approximate surface area is 217 Å². The summed E-state index contributed by atoms with van der Waals surface area (Å²) in [5.74, 6) is 13.9. The molecule has 2 aliphatic heterocycles. The van der Waals surface area contributed by atoms with Crippen molar-refractivity contribution in [3.63, 3.8) is 0 Å². The molecule has 188 valence electrons. The van der Waals surface area contributed by atoms with Crippen molar-refractivity contribution in [1.29, 1.82) is 5.26 Å². The van der Waals surface area contributed by atoms with Crippen LogP contribution in [-0.2, 0) is 16.0 Å². The average molecular weight is 496 g/mol. The molecule has 8 heteroatoms. The first-order chi connectivity index (χ1) is 18.2. The normalized spacial score (nSPS) is 18.5. The first-order valence-corrected chi connectivity index (χ1v) is 12.6. The topological polar surface area (TPSA) is 89.3 Å². The molecule has 0 N–H and O–H groups in total. The van der Waals surface area contributed by atoms with Gasteiger partial charge in [0.1, 0.15) is 17.6 Å². The Hall–Kier alpha value is -3.87. The fourth-order valence-corrected chi connectivity index (χ4v) is 4.47. The van der Waals surface area contributed by atoms with Gasteiger partial charge in [0.2, 0.25) is 0 Å². The number of benzene rings is 1. The van der Waals surface area contributed by atoms with Gasteiger partial charge in [-0.2, -0.15) is 5.26 Å². The van der Waals surface area contributed by atoms with Crippen molar-refractivity contribution in [1.82, 2.24) is 19.6 Å². The van der Waals surface area contributed by atoms with E-state index in [9.17, 15) is 0 Å². The standard InChI is InChI=1S/C29H29N5O3/c1-22(36-28-8-4-5-17-35-28)29-31-14-16-34(29)21-26-18-27(37-32-26)25-11-9-23(10-12-25)6-2-3-7-24-19-33(20-24)15-13-30/h9-12,14,16,18,22,24,28H,4-5,8,15,17,19-21H2,1H3/t22-,28?/m0/s1. The van der Waals surface area contributed by atoms with Crippen LogP contribution in [0.25, 0.3) is 11.3 Å². The zero-order chi connectivity index (χ0) is 25.5. The van der Waals surface area contributed by atoms with Gasteiger partial charge in [-0.1, -0.05) is 17.0 Å². The number of likely N-dealkylation sites (tertiary alicyclic amines) is 1. The second kappa shape index (κ2) is 11.9. The largest absolute Gasteiger partial charge is 0.356 e. The zero-order valence-electron chi connectivity index (χ0n) is 20.9. The Morgan fingerprint density at radius 3 is 2.84 bits per heavy atom. The zero-order valence-corrected chi connectivity index (χ0v) is 20.9. The summed E-state index contributed by atoms with van der Waals surface area (Å²) in [5.41, 5.74) is 2.62. The molecule has 2 fully saturated rings. The van der Waals surface area contributed by atoms with E-state index in [1.54, 1.807) is 6.20 Å². The van der Waals surface area contributed by atoms with Gasteiger partial charge >= 0.3 is 0 Å². The van der Waals surface area contributed by atoms with Crippen LogP contribution in [0.4, 0.5) is 0 Å². The minimum Gasteiger partial charge on any atom is -0.356 e. The van der Waals surface area contributed by atoms with E-state index in [2.05, 4.69) is 44.8 Å². The van der Waals surface area contributed by atoms with Crippen molar-refractivity contribution in [2.45, 2.75) is 45.1 Å². The number of hydrogen-bond donors (Lipinski definition) is 0. The predicted molar refractivity (Wildman–Crippen MR) is 137 cm³/mol. The summed E-state index contributed by atoms with van der Waals surface area (Å²) >= 11 is 0. The van der Waals surface area contributed by atoms with Gasteiger partial charge < -0.3 is 18.6 Å². The molecule has 2 aliphatic rings. The molecule has 37 heavy (non-hydrogen) atoms. The Kier molecular flexibility index (Phi) is 7.99. The van der Waals surface area contributed by atoms with Crippen LogP contribution in [-0.4, -0.2) is 52.1 Å². The molecular formula is C29H29N5O3. The maximum Gasteiger partial charge on any atom is 0.167 e. The number of nitriles is 1. The lowest BCUT2D eigenvalue weighted by Gasteiger charge is -2.33. The molecule has 0 saturated carbocycles. The van der Waals surface area contributed by atoms with Crippen molar-refractivity contribution >= 4 is 0 Å². The van der Waals surface area contributed by atoms with Crippen LogP contribution in [0.3, 0.4) is 0 Å². The molecule has 0 aliphatic carbocycles. The molecule has 0 spiro atoms. The molecule has 4 heterocycles. The number of aromatic nitrogens is 3. The Bertz CT molecular complexity index is 1350. The molecule has 2 aromatic heterocycles. The van der Waals surface area contributed by atoms with E-state index in [-0.39, 0.29) is 12.4 Å². The third-order valence-corrected chi connectivity index (χ3v) is 6.46. The van der Waals surface area contributed by atoms with Crippen molar-refractivity contribution in [2.24, 2.45) is 5.92 Å². The highest BCUT2D eigenvalue weighted by molar-refractivity contribution is 5.59. The van der Waals surface area contributed by atoms with E-state index >= 15 is 0 Å². The van der Waals surface area contributed by atoms with Gasteiger partial charge in [-0.25, -0.2) is 4.98 Å². The van der Waals surface area contributed by atoms with Crippen molar-refractivity contribution < 1.29 is 14.0 Å². The molecule has 3 aromatic rings. The minimum absolute atomic E-state index is 0.170. The van der Waals surface area contributed by atoms with Crippen LogP contribution >= 0.6 is 0 Å². The maximum atomic E-state index is 8.68. The van der Waals surface area contributed by atoms with Crippen LogP contribution in [0.1, 0.15) is 49.4 Å². The summed E-state index contributed by atoms with van der Waals surface area (Å²) in [6.07, 6.45) is 6.48. The van der Waals surface area contributed by atoms with E-state index < -0.39 is 0 Å². The Balaban J connectivity index is 1.16. The fraction of sp³-hybridized carbons (Fsp3) is 0.414. The first kappa shape index (κ1) is 24.8. The smallest absolute Gasteiger partial charge is 0.167 e. The van der Waals surface area contributed by atoms with Gasteiger partial charge in [0.25, 0.3) is 0 Å². The van der Waals surface area contributed by atoms with Gasteiger partial charge in [0.05, 0.1) is 19.2 Å².